The fourth-order valence-electron chi connectivity index (χ4n) is 2.36. The number of aliphatic imine (C=N–C) groups is 1. The highest BCUT2D eigenvalue weighted by atomic mass is 16.2. The molecule has 3 nitrogen and oxygen atoms in total. The van der Waals surface area contributed by atoms with Crippen molar-refractivity contribution in [3.63, 3.8) is 0 Å². The van der Waals surface area contributed by atoms with Crippen LogP contribution < -0.4 is 0 Å². The smallest absolute Gasteiger partial charge is 0.149 e. The molecule has 0 bridgehead atoms. The fourth-order valence-corrected chi connectivity index (χ4v) is 2.36. The Morgan fingerprint density at radius 2 is 1.63 bits per heavy atom. The predicted molar refractivity (Wildman–Crippen MR) is 75.9 cm³/mol. The van der Waals surface area contributed by atoms with Crippen molar-refractivity contribution in [3.05, 3.63) is 29.8 Å². The molecule has 100 valence electrons. The molecule has 0 N–H and O–H groups in total. The lowest BCUT2D eigenvalue weighted by Crippen LogP contribution is -2.38. The van der Waals surface area contributed by atoms with E-state index in [1.807, 2.05) is 45.0 Å². The summed E-state index contributed by atoms with van der Waals surface area (Å²) in [5.41, 5.74) is 1.73. The van der Waals surface area contributed by atoms with Gasteiger partial charge in [0.1, 0.15) is 17.5 Å². The second-order valence-corrected chi connectivity index (χ2v) is 6.04. The SMILES string of the molecule is Cc1ccc(N=CC2C(=O)CC(C)(C)CC2=O)cc1. The summed E-state index contributed by atoms with van der Waals surface area (Å²) in [7, 11) is 0. The normalized spacial score (nSPS) is 20.2. The van der Waals surface area contributed by atoms with Crippen molar-refractivity contribution in [3.8, 4) is 0 Å². The number of hydrogen-bond acceptors (Lipinski definition) is 3. The Morgan fingerprint density at radius 3 is 2.16 bits per heavy atom. The maximum atomic E-state index is 12.0. The zero-order valence-corrected chi connectivity index (χ0v) is 11.6. The average molecular weight is 257 g/mol. The molecule has 19 heavy (non-hydrogen) atoms. The van der Waals surface area contributed by atoms with Gasteiger partial charge in [-0.3, -0.25) is 14.6 Å². The van der Waals surface area contributed by atoms with E-state index in [-0.39, 0.29) is 17.0 Å². The maximum Gasteiger partial charge on any atom is 0.149 e. The summed E-state index contributed by atoms with van der Waals surface area (Å²) >= 11 is 0. The minimum atomic E-state index is -0.658. The van der Waals surface area contributed by atoms with Crippen molar-refractivity contribution in [2.45, 2.75) is 33.6 Å². The highest BCUT2D eigenvalue weighted by Crippen LogP contribution is 2.33. The van der Waals surface area contributed by atoms with Gasteiger partial charge in [-0.15, -0.1) is 0 Å². The van der Waals surface area contributed by atoms with Gasteiger partial charge in [-0.1, -0.05) is 31.5 Å². The van der Waals surface area contributed by atoms with Gasteiger partial charge in [0.05, 0.1) is 5.69 Å². The average Bonchev–Trinajstić information content (AvgIpc) is 2.29. The number of rotatable bonds is 2. The molecule has 3 heteroatoms. The zero-order valence-electron chi connectivity index (χ0n) is 11.6. The number of nitrogens with zero attached hydrogens (tertiary/aromatic N) is 1. The number of hydrogen-bond donors (Lipinski definition) is 0. The number of benzene rings is 1. The molecule has 0 spiro atoms. The van der Waals surface area contributed by atoms with E-state index in [2.05, 4.69) is 4.99 Å². The lowest BCUT2D eigenvalue weighted by molar-refractivity contribution is -0.136. The van der Waals surface area contributed by atoms with Crippen LogP contribution in [0.2, 0.25) is 0 Å². The number of aryl methyl sites for hydroxylation is 1. The van der Waals surface area contributed by atoms with Crippen LogP contribution in [0.5, 0.6) is 0 Å². The minimum Gasteiger partial charge on any atom is -0.298 e. The minimum absolute atomic E-state index is 0.0166. The Morgan fingerprint density at radius 1 is 1.11 bits per heavy atom. The first-order valence-electron chi connectivity index (χ1n) is 6.54. The second-order valence-electron chi connectivity index (χ2n) is 6.04. The lowest BCUT2D eigenvalue weighted by atomic mass is 9.72. The molecule has 0 heterocycles. The molecule has 2 rings (SSSR count). The quantitative estimate of drug-likeness (QED) is 0.603. The van der Waals surface area contributed by atoms with Crippen molar-refractivity contribution in [1.82, 2.24) is 0 Å². The zero-order chi connectivity index (χ0) is 14.0. The molecule has 0 radical (unpaired) electrons. The highest BCUT2D eigenvalue weighted by molar-refractivity contribution is 6.16. The van der Waals surface area contributed by atoms with E-state index in [0.717, 1.165) is 11.3 Å². The molecular weight excluding hydrogens is 238 g/mol. The van der Waals surface area contributed by atoms with Crippen molar-refractivity contribution < 1.29 is 9.59 Å². The van der Waals surface area contributed by atoms with Crippen molar-refractivity contribution in [2.24, 2.45) is 16.3 Å². The third-order valence-electron chi connectivity index (χ3n) is 3.41. The van der Waals surface area contributed by atoms with E-state index in [1.54, 1.807) is 0 Å². The Balaban J connectivity index is 2.12. The van der Waals surface area contributed by atoms with Crippen LogP contribution in [0.25, 0.3) is 0 Å². The monoisotopic (exact) mass is 257 g/mol. The predicted octanol–water partition coefficient (Wildman–Crippen LogP) is 3.27. The summed E-state index contributed by atoms with van der Waals surface area (Å²) < 4.78 is 0. The van der Waals surface area contributed by atoms with Crippen LogP contribution in [-0.4, -0.2) is 17.8 Å². The summed E-state index contributed by atoms with van der Waals surface area (Å²) in [4.78, 5) is 28.2. The summed E-state index contributed by atoms with van der Waals surface area (Å²) in [5, 5.41) is 0. The first-order chi connectivity index (χ1) is 8.87. The number of Topliss-reactive ketones (excluding diaryl/α,β-unsaturated/α-hetero) is 2. The van der Waals surface area contributed by atoms with Crippen molar-refractivity contribution in [1.29, 1.82) is 0 Å². The topological polar surface area (TPSA) is 46.5 Å². The van der Waals surface area contributed by atoms with Gasteiger partial charge in [-0.25, -0.2) is 0 Å². The molecule has 1 aliphatic carbocycles. The third-order valence-corrected chi connectivity index (χ3v) is 3.41. The van der Waals surface area contributed by atoms with E-state index in [9.17, 15) is 9.59 Å². The number of carbonyl (C=O) groups is 2. The molecule has 0 aromatic heterocycles. The maximum absolute atomic E-state index is 12.0. The first kappa shape index (κ1) is 13.7. The lowest BCUT2D eigenvalue weighted by Gasteiger charge is -2.30. The van der Waals surface area contributed by atoms with Gasteiger partial charge >= 0.3 is 0 Å². The number of ketones is 2. The Hall–Kier alpha value is -1.77. The molecule has 1 aromatic rings. The summed E-state index contributed by atoms with van der Waals surface area (Å²) in [6.07, 6.45) is 2.40. The van der Waals surface area contributed by atoms with Crippen LogP contribution >= 0.6 is 0 Å². The fraction of sp³-hybridized carbons (Fsp3) is 0.438. The summed E-state index contributed by atoms with van der Waals surface area (Å²) in [6.45, 7) is 5.91. The van der Waals surface area contributed by atoms with Crippen LogP contribution in [0.1, 0.15) is 32.3 Å². The first-order valence-corrected chi connectivity index (χ1v) is 6.54. The number of carbonyl (C=O) groups excluding carboxylic acids is 2. The molecule has 1 fully saturated rings. The third kappa shape index (κ3) is 3.37. The van der Waals surface area contributed by atoms with Gasteiger partial charge in [-0.2, -0.15) is 0 Å². The molecule has 0 aliphatic heterocycles. The Kier molecular flexibility index (Phi) is 3.65. The summed E-state index contributed by atoms with van der Waals surface area (Å²) in [6, 6.07) is 7.68. The van der Waals surface area contributed by atoms with Gasteiger partial charge in [-0.05, 0) is 24.5 Å². The highest BCUT2D eigenvalue weighted by Gasteiger charge is 2.38. The molecule has 0 atom stereocenters. The Labute approximate surface area is 113 Å². The van der Waals surface area contributed by atoms with Gasteiger partial charge in [0, 0.05) is 19.1 Å². The molecule has 0 unspecified atom stereocenters. The molecular formula is C16H19NO2. The van der Waals surface area contributed by atoms with Crippen molar-refractivity contribution >= 4 is 23.5 Å². The van der Waals surface area contributed by atoms with Crippen LogP contribution in [0.3, 0.4) is 0 Å². The summed E-state index contributed by atoms with van der Waals surface area (Å²) in [5.74, 6) is -0.691. The van der Waals surface area contributed by atoms with Crippen LogP contribution in [0.15, 0.2) is 29.3 Å². The van der Waals surface area contributed by atoms with E-state index in [0.29, 0.717) is 12.8 Å². The largest absolute Gasteiger partial charge is 0.298 e. The Bertz CT molecular complexity index is 506. The van der Waals surface area contributed by atoms with Crippen LogP contribution in [-0.2, 0) is 9.59 Å². The van der Waals surface area contributed by atoms with E-state index >= 15 is 0 Å². The molecule has 1 aliphatic rings. The second kappa shape index (κ2) is 5.08. The van der Waals surface area contributed by atoms with E-state index in [4.69, 9.17) is 0 Å². The van der Waals surface area contributed by atoms with Gasteiger partial charge < -0.3 is 0 Å². The molecule has 0 amide bonds. The molecule has 0 saturated heterocycles. The van der Waals surface area contributed by atoms with Gasteiger partial charge in [0.2, 0.25) is 0 Å². The molecule has 1 aromatic carbocycles. The van der Waals surface area contributed by atoms with Crippen LogP contribution in [0.4, 0.5) is 5.69 Å². The molecule has 1 saturated carbocycles. The standard InChI is InChI=1S/C16H19NO2/c1-11-4-6-12(7-5-11)17-10-13-14(18)8-16(2,3)9-15(13)19/h4-7,10,13H,8-9H2,1-3H3. The van der Waals surface area contributed by atoms with Crippen molar-refractivity contribution in [2.75, 3.05) is 0 Å². The van der Waals surface area contributed by atoms with E-state index < -0.39 is 5.92 Å². The van der Waals surface area contributed by atoms with E-state index in [1.165, 1.54) is 6.21 Å². The van der Waals surface area contributed by atoms with Crippen LogP contribution in [0, 0.1) is 18.3 Å². The van der Waals surface area contributed by atoms with Gasteiger partial charge in [0.25, 0.3) is 0 Å². The van der Waals surface area contributed by atoms with Gasteiger partial charge in [0.15, 0.2) is 0 Å².